The molecule has 0 unspecified atom stereocenters. The first-order valence-corrected chi connectivity index (χ1v) is 5.06. The van der Waals surface area contributed by atoms with E-state index in [-0.39, 0.29) is 18.8 Å². The van der Waals surface area contributed by atoms with Crippen molar-refractivity contribution in [2.24, 2.45) is 11.7 Å². The van der Waals surface area contributed by atoms with Crippen molar-refractivity contribution in [1.82, 2.24) is 15.0 Å². The van der Waals surface area contributed by atoms with Crippen LogP contribution < -0.4 is 5.73 Å². The number of hydrogen-bond donors (Lipinski definition) is 1. The minimum absolute atomic E-state index is 0.198. The fourth-order valence-electron chi connectivity index (χ4n) is 1.33. The number of alkyl halides is 3. The number of nitrogens with two attached hydrogens (primary N) is 1. The van der Waals surface area contributed by atoms with E-state index in [9.17, 15) is 13.2 Å². The molecule has 7 heteroatoms. The summed E-state index contributed by atoms with van der Waals surface area (Å²) in [5.74, 6) is 0.312. The lowest BCUT2D eigenvalue weighted by atomic mass is 10.1. The molecule has 0 aliphatic heterocycles. The molecule has 0 radical (unpaired) electrons. The first kappa shape index (κ1) is 13.0. The van der Waals surface area contributed by atoms with Gasteiger partial charge >= 0.3 is 6.18 Å². The van der Waals surface area contributed by atoms with Gasteiger partial charge < -0.3 is 5.73 Å². The van der Waals surface area contributed by atoms with E-state index in [0.29, 0.717) is 12.3 Å². The Morgan fingerprint density at radius 1 is 1.38 bits per heavy atom. The Hall–Kier alpha value is -1.11. The fraction of sp³-hybridized carbons (Fsp3) is 0.778. The molecule has 4 nitrogen and oxygen atoms in total. The Morgan fingerprint density at radius 3 is 2.44 bits per heavy atom. The van der Waals surface area contributed by atoms with Gasteiger partial charge in [-0.05, 0) is 12.3 Å². The summed E-state index contributed by atoms with van der Waals surface area (Å²) in [5.41, 5.74) is 4.18. The molecule has 0 bridgehead atoms. The van der Waals surface area contributed by atoms with Gasteiger partial charge in [-0.15, -0.1) is 5.10 Å². The van der Waals surface area contributed by atoms with Gasteiger partial charge in [0.2, 0.25) is 0 Å². The third-order valence-corrected chi connectivity index (χ3v) is 2.18. The summed E-state index contributed by atoms with van der Waals surface area (Å²) in [6.07, 6.45) is -3.83. The van der Waals surface area contributed by atoms with Crippen molar-refractivity contribution < 1.29 is 13.2 Å². The molecular formula is C9H15F3N4. The number of rotatable bonds is 4. The van der Waals surface area contributed by atoms with Crippen LogP contribution in [0.15, 0.2) is 0 Å². The molecule has 2 N–H and O–H groups in total. The molecule has 0 atom stereocenters. The van der Waals surface area contributed by atoms with Crippen LogP contribution in [0.5, 0.6) is 0 Å². The predicted octanol–water partition coefficient (Wildman–Crippen LogP) is 1.80. The molecule has 0 aliphatic carbocycles. The molecule has 0 fully saturated rings. The van der Waals surface area contributed by atoms with Crippen molar-refractivity contribution in [2.45, 2.75) is 39.5 Å². The van der Waals surface area contributed by atoms with E-state index < -0.39 is 11.9 Å². The fourth-order valence-corrected chi connectivity index (χ4v) is 1.33. The third kappa shape index (κ3) is 2.94. The molecule has 1 rings (SSSR count). The van der Waals surface area contributed by atoms with Gasteiger partial charge in [-0.3, -0.25) is 0 Å². The summed E-state index contributed by atoms with van der Waals surface area (Å²) in [5, 5.41) is 6.94. The van der Waals surface area contributed by atoms with Crippen LogP contribution in [0.1, 0.15) is 31.7 Å². The molecule has 0 spiro atoms. The minimum Gasteiger partial charge on any atom is -0.325 e. The summed E-state index contributed by atoms with van der Waals surface area (Å²) in [7, 11) is 0. The van der Waals surface area contributed by atoms with Gasteiger partial charge in [0.25, 0.3) is 0 Å². The molecular weight excluding hydrogens is 221 g/mol. The Labute approximate surface area is 91.6 Å². The molecule has 0 saturated heterocycles. The normalized spacial score (nSPS) is 12.4. The second kappa shape index (κ2) is 4.82. The predicted molar refractivity (Wildman–Crippen MR) is 52.4 cm³/mol. The van der Waals surface area contributed by atoms with Crippen molar-refractivity contribution in [1.29, 1.82) is 0 Å². The Morgan fingerprint density at radius 2 is 2.00 bits per heavy atom. The van der Waals surface area contributed by atoms with Crippen molar-refractivity contribution >= 4 is 0 Å². The van der Waals surface area contributed by atoms with Gasteiger partial charge in [0.05, 0.1) is 0 Å². The topological polar surface area (TPSA) is 56.7 Å². The lowest BCUT2D eigenvalue weighted by Crippen LogP contribution is -2.18. The molecule has 1 aromatic rings. The van der Waals surface area contributed by atoms with Crippen LogP contribution >= 0.6 is 0 Å². The highest BCUT2D eigenvalue weighted by atomic mass is 19.4. The summed E-state index contributed by atoms with van der Waals surface area (Å²) in [6.45, 7) is 3.83. The number of hydrogen-bond acceptors (Lipinski definition) is 3. The van der Waals surface area contributed by atoms with E-state index in [4.69, 9.17) is 5.73 Å². The van der Waals surface area contributed by atoms with E-state index >= 15 is 0 Å². The number of halogens is 3. The number of aromatic nitrogens is 3. The van der Waals surface area contributed by atoms with Gasteiger partial charge in [0, 0.05) is 13.1 Å². The largest absolute Gasteiger partial charge is 0.434 e. The first-order chi connectivity index (χ1) is 7.36. The standard InChI is InChI=1S/C9H15F3N4/c1-6(2)3-4-16-8(9(10,11)12)7(5-13)14-15-16/h6H,3-5,13H2,1-2H3. The number of nitrogens with zero attached hydrogens (tertiary/aromatic N) is 3. The second-order valence-electron chi connectivity index (χ2n) is 3.99. The third-order valence-electron chi connectivity index (χ3n) is 2.18. The van der Waals surface area contributed by atoms with Crippen LogP contribution in [0.4, 0.5) is 13.2 Å². The summed E-state index contributed by atoms with van der Waals surface area (Å²) < 4.78 is 39.0. The molecule has 1 heterocycles. The van der Waals surface area contributed by atoms with Gasteiger partial charge in [-0.1, -0.05) is 19.1 Å². The lowest BCUT2D eigenvalue weighted by Gasteiger charge is -2.11. The first-order valence-electron chi connectivity index (χ1n) is 5.06. The van der Waals surface area contributed by atoms with E-state index in [1.54, 1.807) is 0 Å². The summed E-state index contributed by atoms with van der Waals surface area (Å²) in [4.78, 5) is 0. The minimum atomic E-state index is -4.45. The zero-order valence-corrected chi connectivity index (χ0v) is 9.25. The van der Waals surface area contributed by atoms with E-state index in [1.165, 1.54) is 0 Å². The van der Waals surface area contributed by atoms with E-state index in [1.807, 2.05) is 13.8 Å². The maximum Gasteiger partial charge on any atom is 0.434 e. The van der Waals surface area contributed by atoms with Crippen LogP contribution in [0.25, 0.3) is 0 Å². The zero-order chi connectivity index (χ0) is 12.3. The van der Waals surface area contributed by atoms with Crippen molar-refractivity contribution in [3.63, 3.8) is 0 Å². The molecule has 0 amide bonds. The van der Waals surface area contributed by atoms with Gasteiger partial charge in [0.1, 0.15) is 5.69 Å². The van der Waals surface area contributed by atoms with E-state index in [0.717, 1.165) is 4.68 Å². The molecule has 1 aromatic heterocycles. The van der Waals surface area contributed by atoms with Crippen molar-refractivity contribution in [2.75, 3.05) is 0 Å². The molecule has 0 saturated carbocycles. The smallest absolute Gasteiger partial charge is 0.325 e. The molecule has 0 aliphatic rings. The maximum absolute atomic E-state index is 12.7. The lowest BCUT2D eigenvalue weighted by molar-refractivity contribution is -0.144. The highest BCUT2D eigenvalue weighted by Gasteiger charge is 2.38. The quantitative estimate of drug-likeness (QED) is 0.867. The number of aryl methyl sites for hydroxylation is 1. The maximum atomic E-state index is 12.7. The van der Waals surface area contributed by atoms with E-state index in [2.05, 4.69) is 10.3 Å². The van der Waals surface area contributed by atoms with Gasteiger partial charge in [-0.2, -0.15) is 13.2 Å². The Kier molecular flexibility index (Phi) is 3.90. The van der Waals surface area contributed by atoms with Crippen molar-refractivity contribution in [3.05, 3.63) is 11.4 Å². The zero-order valence-electron chi connectivity index (χ0n) is 9.25. The Bertz CT molecular complexity index is 343. The SMILES string of the molecule is CC(C)CCn1nnc(CN)c1C(F)(F)F. The van der Waals surface area contributed by atoms with Gasteiger partial charge in [0.15, 0.2) is 5.69 Å². The average molecular weight is 236 g/mol. The van der Waals surface area contributed by atoms with Crippen molar-refractivity contribution in [3.8, 4) is 0 Å². The summed E-state index contributed by atoms with van der Waals surface area (Å²) >= 11 is 0. The average Bonchev–Trinajstić information content (AvgIpc) is 2.56. The molecule has 0 aromatic carbocycles. The van der Waals surface area contributed by atoms with Crippen LogP contribution in [0, 0.1) is 5.92 Å². The van der Waals surface area contributed by atoms with Crippen LogP contribution in [0.2, 0.25) is 0 Å². The van der Waals surface area contributed by atoms with Crippen LogP contribution in [0.3, 0.4) is 0 Å². The molecule has 92 valence electrons. The summed E-state index contributed by atoms with van der Waals surface area (Å²) in [6, 6.07) is 0. The van der Waals surface area contributed by atoms with Gasteiger partial charge in [-0.25, -0.2) is 4.68 Å². The Balaban J connectivity index is 2.96. The monoisotopic (exact) mass is 236 g/mol. The highest BCUT2D eigenvalue weighted by molar-refractivity contribution is 5.13. The van der Waals surface area contributed by atoms with Crippen LogP contribution in [-0.2, 0) is 19.3 Å². The highest BCUT2D eigenvalue weighted by Crippen LogP contribution is 2.31. The second-order valence-corrected chi connectivity index (χ2v) is 3.99. The van der Waals surface area contributed by atoms with Crippen LogP contribution in [-0.4, -0.2) is 15.0 Å². The molecule has 16 heavy (non-hydrogen) atoms.